The Labute approximate surface area is 215 Å². The van der Waals surface area contributed by atoms with Gasteiger partial charge < -0.3 is 26.0 Å². The minimum atomic E-state index is -0.770. The molecular weight excluding hydrogens is 487 g/mol. The summed E-state index contributed by atoms with van der Waals surface area (Å²) < 4.78 is 0. The van der Waals surface area contributed by atoms with Crippen LogP contribution in [0.3, 0.4) is 0 Å². The maximum atomic E-state index is 12.4. The molecule has 0 spiro atoms. The predicted octanol–water partition coefficient (Wildman–Crippen LogP) is 4.30. The van der Waals surface area contributed by atoms with E-state index in [0.717, 1.165) is 23.1 Å². The standard InChI is InChI=1S/C27H30Cl2N2O4/c1-17(30-15-26(34)21-6-8-25(33)22(13-21)16-32)9-18-3-2-4-19(10-18)12-27(35)31-14-20-5-7-23(28)24(29)11-20/h2-8,10-11,13,17,26,30,32-34H,9,12,14-16H2,1H3,(H,31,35)/t17-,26+/m1/s1. The average Bonchev–Trinajstić information content (AvgIpc) is 2.83. The number of carbonyl (C=O) groups excluding carboxylic acids is 1. The largest absolute Gasteiger partial charge is 0.508 e. The molecule has 0 aliphatic heterocycles. The zero-order valence-electron chi connectivity index (χ0n) is 19.5. The van der Waals surface area contributed by atoms with Crippen LogP contribution in [0, 0.1) is 0 Å². The summed E-state index contributed by atoms with van der Waals surface area (Å²) in [5, 5.41) is 36.6. The van der Waals surface area contributed by atoms with E-state index in [4.69, 9.17) is 23.2 Å². The summed E-state index contributed by atoms with van der Waals surface area (Å²) in [4.78, 5) is 12.4. The third-order valence-corrected chi connectivity index (χ3v) is 6.43. The van der Waals surface area contributed by atoms with E-state index in [2.05, 4.69) is 10.6 Å². The maximum Gasteiger partial charge on any atom is 0.224 e. The monoisotopic (exact) mass is 516 g/mol. The lowest BCUT2D eigenvalue weighted by atomic mass is 10.0. The fourth-order valence-electron chi connectivity index (χ4n) is 3.76. The predicted molar refractivity (Wildman–Crippen MR) is 139 cm³/mol. The lowest BCUT2D eigenvalue weighted by Gasteiger charge is -2.18. The van der Waals surface area contributed by atoms with E-state index in [1.807, 2.05) is 37.3 Å². The van der Waals surface area contributed by atoms with Gasteiger partial charge in [0.2, 0.25) is 5.91 Å². The van der Waals surface area contributed by atoms with E-state index in [9.17, 15) is 20.1 Å². The van der Waals surface area contributed by atoms with E-state index in [0.29, 0.717) is 34.3 Å². The molecule has 0 saturated carbocycles. The van der Waals surface area contributed by atoms with Gasteiger partial charge in [-0.15, -0.1) is 0 Å². The summed E-state index contributed by atoms with van der Waals surface area (Å²) in [7, 11) is 0. The lowest BCUT2D eigenvalue weighted by molar-refractivity contribution is -0.120. The van der Waals surface area contributed by atoms with Crippen molar-refractivity contribution in [2.45, 2.75) is 45.1 Å². The molecule has 0 aliphatic carbocycles. The molecule has 0 aromatic heterocycles. The number of aromatic hydroxyl groups is 1. The molecule has 3 aromatic rings. The number of rotatable bonds is 11. The fourth-order valence-corrected chi connectivity index (χ4v) is 4.08. The molecule has 0 radical (unpaired) electrons. The number of nitrogens with one attached hydrogen (secondary N) is 2. The lowest BCUT2D eigenvalue weighted by Crippen LogP contribution is -2.32. The molecule has 0 saturated heterocycles. The third-order valence-electron chi connectivity index (χ3n) is 5.69. The molecule has 0 heterocycles. The van der Waals surface area contributed by atoms with Gasteiger partial charge in [0.25, 0.3) is 0 Å². The van der Waals surface area contributed by atoms with Crippen molar-refractivity contribution >= 4 is 29.1 Å². The fraction of sp³-hybridized carbons (Fsp3) is 0.296. The molecule has 3 rings (SSSR count). The van der Waals surface area contributed by atoms with Crippen LogP contribution in [0.15, 0.2) is 60.7 Å². The maximum absolute atomic E-state index is 12.4. The Balaban J connectivity index is 1.48. The van der Waals surface area contributed by atoms with E-state index >= 15 is 0 Å². The second-order valence-corrected chi connectivity index (χ2v) is 9.41. The molecule has 35 heavy (non-hydrogen) atoms. The summed E-state index contributed by atoms with van der Waals surface area (Å²) in [5.74, 6) is -0.0774. The molecule has 0 fully saturated rings. The SMILES string of the molecule is C[C@H](Cc1cccc(CC(=O)NCc2ccc(Cl)c(Cl)c2)c1)NC[C@H](O)c1ccc(O)c(CO)c1. The third kappa shape index (κ3) is 8.23. The number of carbonyl (C=O) groups is 1. The molecule has 3 aromatic carbocycles. The van der Waals surface area contributed by atoms with Crippen molar-refractivity contribution in [3.05, 3.63) is 98.5 Å². The summed E-state index contributed by atoms with van der Waals surface area (Å²) >= 11 is 12.0. The van der Waals surface area contributed by atoms with Gasteiger partial charge in [-0.2, -0.15) is 0 Å². The van der Waals surface area contributed by atoms with Crippen molar-refractivity contribution in [1.82, 2.24) is 10.6 Å². The molecule has 2 atom stereocenters. The van der Waals surface area contributed by atoms with Gasteiger partial charge in [0.1, 0.15) is 5.75 Å². The Kier molecular flexibility index (Phi) is 9.95. The Bertz CT molecular complexity index is 1160. The molecule has 186 valence electrons. The summed E-state index contributed by atoms with van der Waals surface area (Å²) in [6, 6.07) is 18.0. The zero-order chi connectivity index (χ0) is 25.4. The Hall–Kier alpha value is -2.61. The van der Waals surface area contributed by atoms with Crippen LogP contribution in [0.25, 0.3) is 0 Å². The number of halogens is 2. The van der Waals surface area contributed by atoms with Gasteiger partial charge in [-0.3, -0.25) is 4.79 Å². The number of hydrogen-bond acceptors (Lipinski definition) is 5. The number of phenols is 1. The van der Waals surface area contributed by atoms with Crippen LogP contribution in [0.5, 0.6) is 5.75 Å². The Morgan fingerprint density at radius 3 is 2.49 bits per heavy atom. The molecule has 8 heteroatoms. The average molecular weight is 517 g/mol. The first kappa shape index (κ1) is 27.0. The number of benzene rings is 3. The minimum absolute atomic E-state index is 0.00715. The van der Waals surface area contributed by atoms with Gasteiger partial charge in [-0.05, 0) is 59.9 Å². The zero-order valence-corrected chi connectivity index (χ0v) is 21.0. The highest BCUT2D eigenvalue weighted by atomic mass is 35.5. The summed E-state index contributed by atoms with van der Waals surface area (Å²) in [5.41, 5.74) is 3.89. The first-order valence-electron chi connectivity index (χ1n) is 11.4. The van der Waals surface area contributed by atoms with Gasteiger partial charge in [0.15, 0.2) is 0 Å². The highest BCUT2D eigenvalue weighted by Crippen LogP contribution is 2.23. The van der Waals surface area contributed by atoms with Crippen molar-refractivity contribution < 1.29 is 20.1 Å². The van der Waals surface area contributed by atoms with E-state index in [1.165, 1.54) is 6.07 Å². The Morgan fingerprint density at radius 1 is 0.971 bits per heavy atom. The van der Waals surface area contributed by atoms with Gasteiger partial charge in [0.05, 0.1) is 29.2 Å². The van der Waals surface area contributed by atoms with Gasteiger partial charge >= 0.3 is 0 Å². The van der Waals surface area contributed by atoms with E-state index < -0.39 is 6.10 Å². The van der Waals surface area contributed by atoms with Gasteiger partial charge in [-0.25, -0.2) is 0 Å². The number of hydrogen-bond donors (Lipinski definition) is 5. The first-order valence-corrected chi connectivity index (χ1v) is 12.1. The summed E-state index contributed by atoms with van der Waals surface area (Å²) in [6.07, 6.45) is 0.223. The van der Waals surface area contributed by atoms with Crippen molar-refractivity contribution in [3.8, 4) is 5.75 Å². The molecular formula is C27H30Cl2N2O4. The number of aliphatic hydroxyl groups excluding tert-OH is 2. The highest BCUT2D eigenvalue weighted by molar-refractivity contribution is 6.42. The highest BCUT2D eigenvalue weighted by Gasteiger charge is 2.13. The van der Waals surface area contributed by atoms with Crippen LogP contribution < -0.4 is 10.6 Å². The van der Waals surface area contributed by atoms with Crippen molar-refractivity contribution in [2.24, 2.45) is 0 Å². The van der Waals surface area contributed by atoms with Gasteiger partial charge in [0, 0.05) is 24.7 Å². The van der Waals surface area contributed by atoms with E-state index in [-0.39, 0.29) is 30.7 Å². The van der Waals surface area contributed by atoms with Crippen molar-refractivity contribution in [2.75, 3.05) is 6.54 Å². The summed E-state index contributed by atoms with van der Waals surface area (Å²) in [6.45, 7) is 2.44. The Morgan fingerprint density at radius 2 is 1.74 bits per heavy atom. The van der Waals surface area contributed by atoms with Crippen LogP contribution in [0.4, 0.5) is 0 Å². The minimum Gasteiger partial charge on any atom is -0.508 e. The molecule has 0 aliphatic rings. The van der Waals surface area contributed by atoms with E-state index in [1.54, 1.807) is 24.3 Å². The first-order chi connectivity index (χ1) is 16.7. The molecule has 5 N–H and O–H groups in total. The molecule has 6 nitrogen and oxygen atoms in total. The van der Waals surface area contributed by atoms with Crippen LogP contribution in [0.2, 0.25) is 10.0 Å². The van der Waals surface area contributed by atoms with Crippen LogP contribution in [-0.2, 0) is 30.8 Å². The normalized spacial score (nSPS) is 12.8. The van der Waals surface area contributed by atoms with Gasteiger partial charge in [-0.1, -0.05) is 59.6 Å². The molecule has 0 unspecified atom stereocenters. The smallest absolute Gasteiger partial charge is 0.224 e. The van der Waals surface area contributed by atoms with Crippen molar-refractivity contribution in [1.29, 1.82) is 0 Å². The van der Waals surface area contributed by atoms with Crippen LogP contribution in [0.1, 0.15) is 40.8 Å². The molecule has 0 bridgehead atoms. The number of aliphatic hydroxyl groups is 2. The quantitative estimate of drug-likeness (QED) is 0.261. The van der Waals surface area contributed by atoms with Crippen LogP contribution >= 0.6 is 23.2 Å². The van der Waals surface area contributed by atoms with Crippen LogP contribution in [-0.4, -0.2) is 33.8 Å². The molecule has 1 amide bonds. The topological polar surface area (TPSA) is 102 Å². The second kappa shape index (κ2) is 12.9. The second-order valence-electron chi connectivity index (χ2n) is 8.60. The number of amides is 1. The van der Waals surface area contributed by atoms with Crippen molar-refractivity contribution in [3.63, 3.8) is 0 Å².